The fraction of sp³-hybridized carbons (Fsp3) is 0.600. The Kier molecular flexibility index (Phi) is 6.49. The van der Waals surface area contributed by atoms with Crippen LogP contribution in [0.25, 0.3) is 0 Å². The van der Waals surface area contributed by atoms with Gasteiger partial charge in [-0.2, -0.15) is 13.2 Å². The first-order valence-corrected chi connectivity index (χ1v) is 6.83. The summed E-state index contributed by atoms with van der Waals surface area (Å²) in [4.78, 5) is 0. The maximum atomic E-state index is 12.0. The van der Waals surface area contributed by atoms with E-state index in [-0.39, 0.29) is 12.0 Å². The van der Waals surface area contributed by atoms with Crippen molar-refractivity contribution in [2.75, 3.05) is 19.8 Å². The molecule has 0 heterocycles. The topological polar surface area (TPSA) is 35.2 Å². The molecule has 0 aliphatic carbocycles. The molecule has 0 aromatic heterocycles. The van der Waals surface area contributed by atoms with E-state index in [0.29, 0.717) is 13.0 Å². The molecule has 0 saturated heterocycles. The second-order valence-electron chi connectivity index (χ2n) is 4.98. The van der Waals surface area contributed by atoms with Gasteiger partial charge in [0.25, 0.3) is 0 Å². The van der Waals surface area contributed by atoms with Gasteiger partial charge in [0.1, 0.15) is 6.61 Å². The Bertz CT molecular complexity index is 374. The number of alkyl halides is 3. The second kappa shape index (κ2) is 7.64. The Hall–Kier alpha value is -1.07. The van der Waals surface area contributed by atoms with Crippen LogP contribution in [0.3, 0.4) is 0 Å². The number of halogens is 3. The molecule has 114 valence electrons. The molecule has 20 heavy (non-hydrogen) atoms. The van der Waals surface area contributed by atoms with E-state index >= 15 is 0 Å². The van der Waals surface area contributed by atoms with Crippen LogP contribution < -0.4 is 5.73 Å². The van der Waals surface area contributed by atoms with Crippen molar-refractivity contribution < 1.29 is 17.9 Å². The summed E-state index contributed by atoms with van der Waals surface area (Å²) in [5, 5.41) is 0. The third-order valence-corrected chi connectivity index (χ3v) is 3.66. The quantitative estimate of drug-likeness (QED) is 0.741. The molecule has 5 heteroatoms. The molecule has 2 N–H and O–H groups in total. The summed E-state index contributed by atoms with van der Waals surface area (Å²) < 4.78 is 40.6. The van der Waals surface area contributed by atoms with Crippen molar-refractivity contribution in [1.82, 2.24) is 0 Å². The van der Waals surface area contributed by atoms with Crippen LogP contribution in [0.2, 0.25) is 0 Å². The van der Waals surface area contributed by atoms with Gasteiger partial charge in [-0.05, 0) is 24.8 Å². The van der Waals surface area contributed by atoms with E-state index < -0.39 is 12.8 Å². The van der Waals surface area contributed by atoms with Crippen molar-refractivity contribution in [3.05, 3.63) is 35.9 Å². The SMILES string of the molecule is CCC(CN)(CCCOCC(F)(F)F)c1ccccc1. The maximum Gasteiger partial charge on any atom is 0.411 e. The van der Waals surface area contributed by atoms with Gasteiger partial charge in [0.15, 0.2) is 0 Å². The highest BCUT2D eigenvalue weighted by atomic mass is 19.4. The highest BCUT2D eigenvalue weighted by Crippen LogP contribution is 2.32. The van der Waals surface area contributed by atoms with Crippen LogP contribution in [0.4, 0.5) is 13.2 Å². The van der Waals surface area contributed by atoms with Crippen LogP contribution in [-0.2, 0) is 10.2 Å². The zero-order chi connectivity index (χ0) is 15.1. The molecule has 0 aliphatic heterocycles. The smallest absolute Gasteiger partial charge is 0.372 e. The summed E-state index contributed by atoms with van der Waals surface area (Å²) in [6, 6.07) is 9.89. The van der Waals surface area contributed by atoms with Gasteiger partial charge in [-0.15, -0.1) is 0 Å². The lowest BCUT2D eigenvalue weighted by molar-refractivity contribution is -0.174. The van der Waals surface area contributed by atoms with Crippen molar-refractivity contribution in [2.45, 2.75) is 37.8 Å². The maximum absolute atomic E-state index is 12.0. The first kappa shape index (κ1) is 17.0. The summed E-state index contributed by atoms with van der Waals surface area (Å²) in [5.74, 6) is 0. The fourth-order valence-electron chi connectivity index (χ4n) is 2.38. The Morgan fingerprint density at radius 3 is 2.30 bits per heavy atom. The van der Waals surface area contributed by atoms with Crippen LogP contribution in [0.1, 0.15) is 31.7 Å². The average molecular weight is 289 g/mol. The summed E-state index contributed by atoms with van der Waals surface area (Å²) in [6.07, 6.45) is -2.11. The molecule has 0 amide bonds. The third kappa shape index (κ3) is 5.13. The standard InChI is InChI=1S/C15H22F3NO/c1-2-14(11-19,13-7-4-3-5-8-13)9-6-10-20-12-15(16,17)18/h3-5,7-8H,2,6,9-12,19H2,1H3. The highest BCUT2D eigenvalue weighted by molar-refractivity contribution is 5.25. The monoisotopic (exact) mass is 289 g/mol. The van der Waals surface area contributed by atoms with E-state index in [4.69, 9.17) is 5.73 Å². The van der Waals surface area contributed by atoms with Gasteiger partial charge in [-0.3, -0.25) is 0 Å². The molecule has 2 nitrogen and oxygen atoms in total. The Morgan fingerprint density at radius 2 is 1.80 bits per heavy atom. The summed E-state index contributed by atoms with van der Waals surface area (Å²) in [5.41, 5.74) is 6.88. The normalized spacial score (nSPS) is 15.1. The van der Waals surface area contributed by atoms with E-state index in [1.54, 1.807) is 0 Å². The van der Waals surface area contributed by atoms with Gasteiger partial charge >= 0.3 is 6.18 Å². The van der Waals surface area contributed by atoms with Crippen LogP contribution in [0.15, 0.2) is 30.3 Å². The Balaban J connectivity index is 2.52. The fourth-order valence-corrected chi connectivity index (χ4v) is 2.38. The molecule has 1 unspecified atom stereocenters. The van der Waals surface area contributed by atoms with Gasteiger partial charge < -0.3 is 10.5 Å². The number of hydrogen-bond donors (Lipinski definition) is 1. The van der Waals surface area contributed by atoms with Crippen molar-refractivity contribution in [3.8, 4) is 0 Å². The van der Waals surface area contributed by atoms with E-state index in [2.05, 4.69) is 11.7 Å². The lowest BCUT2D eigenvalue weighted by Crippen LogP contribution is -2.35. The minimum atomic E-state index is -4.25. The predicted molar refractivity (Wildman–Crippen MR) is 73.6 cm³/mol. The zero-order valence-electron chi connectivity index (χ0n) is 11.7. The van der Waals surface area contributed by atoms with E-state index in [9.17, 15) is 13.2 Å². The molecule has 0 aliphatic rings. The van der Waals surface area contributed by atoms with E-state index in [0.717, 1.165) is 18.4 Å². The minimum Gasteiger partial charge on any atom is -0.372 e. The lowest BCUT2D eigenvalue weighted by Gasteiger charge is -2.32. The molecule has 1 rings (SSSR count). The molecule has 0 saturated carbocycles. The van der Waals surface area contributed by atoms with E-state index in [1.165, 1.54) is 0 Å². The second-order valence-corrected chi connectivity index (χ2v) is 4.98. The zero-order valence-corrected chi connectivity index (χ0v) is 11.7. The molecule has 1 aromatic carbocycles. The summed E-state index contributed by atoms with van der Waals surface area (Å²) in [7, 11) is 0. The lowest BCUT2D eigenvalue weighted by atomic mass is 9.74. The first-order chi connectivity index (χ1) is 9.43. The average Bonchev–Trinajstić information content (AvgIpc) is 2.43. The molecule has 0 bridgehead atoms. The molecule has 1 atom stereocenters. The summed E-state index contributed by atoms with van der Waals surface area (Å²) >= 11 is 0. The van der Waals surface area contributed by atoms with Crippen LogP contribution in [0.5, 0.6) is 0 Å². The molecular formula is C15H22F3NO. The Labute approximate surface area is 118 Å². The molecule has 0 spiro atoms. The first-order valence-electron chi connectivity index (χ1n) is 6.83. The number of nitrogens with two attached hydrogens (primary N) is 1. The largest absolute Gasteiger partial charge is 0.411 e. The number of rotatable bonds is 8. The van der Waals surface area contributed by atoms with Gasteiger partial charge in [-0.1, -0.05) is 37.3 Å². The molecule has 1 aromatic rings. The Morgan fingerprint density at radius 1 is 1.15 bits per heavy atom. The van der Waals surface area contributed by atoms with Crippen LogP contribution in [0, 0.1) is 0 Å². The van der Waals surface area contributed by atoms with E-state index in [1.807, 2.05) is 30.3 Å². The predicted octanol–water partition coefficient (Wildman–Crippen LogP) is 3.65. The van der Waals surface area contributed by atoms with Gasteiger partial charge in [0.05, 0.1) is 0 Å². The minimum absolute atomic E-state index is 0.105. The molecular weight excluding hydrogens is 267 g/mol. The van der Waals surface area contributed by atoms with Gasteiger partial charge in [0.2, 0.25) is 0 Å². The van der Waals surface area contributed by atoms with Crippen molar-refractivity contribution >= 4 is 0 Å². The summed E-state index contributed by atoms with van der Waals surface area (Å²) in [6.45, 7) is 1.46. The number of ether oxygens (including phenoxy) is 1. The van der Waals surface area contributed by atoms with Gasteiger partial charge in [0, 0.05) is 18.6 Å². The molecule has 0 radical (unpaired) electrons. The van der Waals surface area contributed by atoms with Crippen molar-refractivity contribution in [2.24, 2.45) is 5.73 Å². The third-order valence-electron chi connectivity index (χ3n) is 3.66. The van der Waals surface area contributed by atoms with Gasteiger partial charge in [-0.25, -0.2) is 0 Å². The van der Waals surface area contributed by atoms with Crippen LogP contribution >= 0.6 is 0 Å². The highest BCUT2D eigenvalue weighted by Gasteiger charge is 2.29. The molecule has 0 fully saturated rings. The number of hydrogen-bond acceptors (Lipinski definition) is 2. The van der Waals surface area contributed by atoms with Crippen molar-refractivity contribution in [3.63, 3.8) is 0 Å². The van der Waals surface area contributed by atoms with Crippen LogP contribution in [-0.4, -0.2) is 25.9 Å². The van der Waals surface area contributed by atoms with Crippen molar-refractivity contribution in [1.29, 1.82) is 0 Å². The number of benzene rings is 1.